The monoisotopic (exact) mass is 300 g/mol. The third kappa shape index (κ3) is 1.91. The Hall–Kier alpha value is -1.53. The van der Waals surface area contributed by atoms with Gasteiger partial charge in [0.05, 0.1) is 0 Å². The molecule has 1 nitrogen and oxygen atoms in total. The molecule has 0 aliphatic carbocycles. The van der Waals surface area contributed by atoms with Gasteiger partial charge < -0.3 is 5.11 Å². The van der Waals surface area contributed by atoms with Crippen LogP contribution in [0.25, 0.3) is 0 Å². The first-order valence-electron chi connectivity index (χ1n) is 5.76. The molecule has 1 aliphatic rings. The number of halogens is 4. The average molecular weight is 300 g/mol. The third-order valence-electron chi connectivity index (χ3n) is 3.26. The zero-order valence-corrected chi connectivity index (χ0v) is 10.8. The van der Waals surface area contributed by atoms with E-state index in [0.29, 0.717) is 4.90 Å². The fourth-order valence-corrected chi connectivity index (χ4v) is 3.36. The smallest absolute Gasteiger partial charge is 0.166 e. The zero-order valence-electron chi connectivity index (χ0n) is 9.96. The Bertz CT molecular complexity index is 702. The molecule has 1 aliphatic heterocycles. The van der Waals surface area contributed by atoms with Gasteiger partial charge in [0.25, 0.3) is 0 Å². The first-order chi connectivity index (χ1) is 9.50. The average Bonchev–Trinajstić information content (AvgIpc) is 2.57. The van der Waals surface area contributed by atoms with Gasteiger partial charge in [-0.2, -0.15) is 0 Å². The van der Waals surface area contributed by atoms with Gasteiger partial charge in [0, 0.05) is 21.8 Å². The Kier molecular flexibility index (Phi) is 3.22. The Labute approximate surface area is 116 Å². The molecule has 1 atom stereocenters. The van der Waals surface area contributed by atoms with E-state index in [0.717, 1.165) is 23.9 Å². The molecule has 0 saturated carbocycles. The minimum absolute atomic E-state index is 0.0292. The molecular weight excluding hydrogens is 292 g/mol. The lowest BCUT2D eigenvalue weighted by Crippen LogP contribution is -2.08. The van der Waals surface area contributed by atoms with E-state index in [1.165, 1.54) is 12.1 Å². The fourth-order valence-electron chi connectivity index (χ4n) is 2.25. The molecular formula is C14H8F4OS. The summed E-state index contributed by atoms with van der Waals surface area (Å²) in [5.41, 5.74) is -0.210. The summed E-state index contributed by atoms with van der Waals surface area (Å²) in [6.07, 6.45) is -1.53. The van der Waals surface area contributed by atoms with Crippen molar-refractivity contribution in [3.63, 3.8) is 0 Å². The molecule has 1 unspecified atom stereocenters. The van der Waals surface area contributed by atoms with Crippen LogP contribution in [0.3, 0.4) is 0 Å². The molecule has 1 N–H and O–H groups in total. The van der Waals surface area contributed by atoms with Crippen molar-refractivity contribution in [2.75, 3.05) is 0 Å². The minimum atomic E-state index is -1.53. The topological polar surface area (TPSA) is 20.2 Å². The molecule has 0 saturated heterocycles. The van der Waals surface area contributed by atoms with Gasteiger partial charge in [-0.05, 0) is 23.8 Å². The molecule has 0 spiro atoms. The number of hydrogen-bond donors (Lipinski definition) is 1. The van der Waals surface area contributed by atoms with Crippen LogP contribution in [0.2, 0.25) is 0 Å². The zero-order chi connectivity index (χ0) is 14.4. The second-order valence-electron chi connectivity index (χ2n) is 4.39. The third-order valence-corrected chi connectivity index (χ3v) is 4.37. The minimum Gasteiger partial charge on any atom is -0.383 e. The van der Waals surface area contributed by atoms with Gasteiger partial charge in [-0.3, -0.25) is 0 Å². The van der Waals surface area contributed by atoms with Crippen molar-refractivity contribution in [2.24, 2.45) is 0 Å². The Balaban J connectivity index is 2.25. The van der Waals surface area contributed by atoms with Crippen LogP contribution >= 0.6 is 11.8 Å². The number of benzene rings is 2. The molecule has 0 aromatic heterocycles. The van der Waals surface area contributed by atoms with Crippen LogP contribution in [0.1, 0.15) is 22.8 Å². The Morgan fingerprint density at radius 2 is 1.60 bits per heavy atom. The van der Waals surface area contributed by atoms with Crippen LogP contribution in [-0.4, -0.2) is 5.11 Å². The van der Waals surface area contributed by atoms with Crippen molar-refractivity contribution >= 4 is 11.8 Å². The predicted molar refractivity (Wildman–Crippen MR) is 66.3 cm³/mol. The van der Waals surface area contributed by atoms with Crippen molar-refractivity contribution in [1.29, 1.82) is 0 Å². The van der Waals surface area contributed by atoms with Crippen LogP contribution in [0.15, 0.2) is 29.2 Å². The van der Waals surface area contributed by atoms with Gasteiger partial charge in [-0.25, -0.2) is 17.6 Å². The molecule has 0 radical (unpaired) electrons. The molecule has 6 heteroatoms. The Morgan fingerprint density at radius 3 is 2.35 bits per heavy atom. The van der Waals surface area contributed by atoms with Crippen LogP contribution in [0, 0.1) is 23.3 Å². The molecule has 0 bridgehead atoms. The van der Waals surface area contributed by atoms with E-state index < -0.39 is 29.4 Å². The lowest BCUT2D eigenvalue weighted by molar-refractivity contribution is 0.208. The van der Waals surface area contributed by atoms with Crippen LogP contribution in [-0.2, 0) is 5.75 Å². The van der Waals surface area contributed by atoms with E-state index in [4.69, 9.17) is 0 Å². The van der Waals surface area contributed by atoms with E-state index in [2.05, 4.69) is 0 Å². The maximum Gasteiger partial charge on any atom is 0.166 e. The number of fused-ring (bicyclic) bond motifs is 2. The molecule has 2 aromatic rings. The molecule has 0 fully saturated rings. The molecule has 20 heavy (non-hydrogen) atoms. The second kappa shape index (κ2) is 4.79. The van der Waals surface area contributed by atoms with Crippen molar-refractivity contribution in [3.05, 3.63) is 64.2 Å². The van der Waals surface area contributed by atoms with Crippen molar-refractivity contribution < 1.29 is 22.7 Å². The predicted octanol–water partition coefficient (Wildman–Crippen LogP) is 3.93. The van der Waals surface area contributed by atoms with Crippen LogP contribution in [0.5, 0.6) is 0 Å². The standard InChI is InChI=1S/C14H8F4OS/c15-8-2-1-6-7(12(8)17)5-20-10-4-3-9(16)13(18)11(10)14(6)19/h1-4,14,19H,5H2. The number of thioether (sulfide) groups is 1. The van der Waals surface area contributed by atoms with Gasteiger partial charge >= 0.3 is 0 Å². The van der Waals surface area contributed by atoms with Crippen molar-refractivity contribution in [2.45, 2.75) is 16.8 Å². The highest BCUT2D eigenvalue weighted by Gasteiger charge is 2.29. The van der Waals surface area contributed by atoms with E-state index in [1.54, 1.807) is 0 Å². The molecule has 1 heterocycles. The number of hydrogen-bond acceptors (Lipinski definition) is 2. The van der Waals surface area contributed by atoms with E-state index in [1.807, 2.05) is 0 Å². The van der Waals surface area contributed by atoms with Gasteiger partial charge in [-0.15, -0.1) is 11.8 Å². The highest BCUT2D eigenvalue weighted by Crippen LogP contribution is 2.42. The maximum atomic E-state index is 13.9. The van der Waals surface area contributed by atoms with Crippen molar-refractivity contribution in [3.8, 4) is 0 Å². The maximum absolute atomic E-state index is 13.9. The second-order valence-corrected chi connectivity index (χ2v) is 5.41. The largest absolute Gasteiger partial charge is 0.383 e. The van der Waals surface area contributed by atoms with Crippen LogP contribution < -0.4 is 0 Å². The number of rotatable bonds is 0. The normalized spacial score (nSPS) is 17.4. The highest BCUT2D eigenvalue weighted by atomic mass is 32.2. The number of aliphatic hydroxyl groups is 1. The first kappa shape index (κ1) is 13.5. The van der Waals surface area contributed by atoms with E-state index in [-0.39, 0.29) is 22.4 Å². The fraction of sp³-hybridized carbons (Fsp3) is 0.143. The molecule has 3 rings (SSSR count). The summed E-state index contributed by atoms with van der Waals surface area (Å²) >= 11 is 1.03. The molecule has 2 aromatic carbocycles. The van der Waals surface area contributed by atoms with Gasteiger partial charge in [0.15, 0.2) is 23.3 Å². The Morgan fingerprint density at radius 1 is 0.950 bits per heavy atom. The summed E-state index contributed by atoms with van der Waals surface area (Å²) in [5, 5.41) is 10.2. The van der Waals surface area contributed by atoms with E-state index in [9.17, 15) is 22.7 Å². The van der Waals surface area contributed by atoms with Gasteiger partial charge in [-0.1, -0.05) is 6.07 Å². The molecule has 0 amide bonds. The van der Waals surface area contributed by atoms with E-state index >= 15 is 0 Å². The summed E-state index contributed by atoms with van der Waals surface area (Å²) in [5.74, 6) is -4.32. The summed E-state index contributed by atoms with van der Waals surface area (Å²) in [6.45, 7) is 0. The first-order valence-corrected chi connectivity index (χ1v) is 6.74. The summed E-state index contributed by atoms with van der Waals surface area (Å²) in [6, 6.07) is 4.32. The molecule has 104 valence electrons. The summed E-state index contributed by atoms with van der Waals surface area (Å²) in [7, 11) is 0. The highest BCUT2D eigenvalue weighted by molar-refractivity contribution is 7.98. The lowest BCUT2D eigenvalue weighted by Gasteiger charge is -2.15. The number of aliphatic hydroxyl groups excluding tert-OH is 1. The SMILES string of the molecule is OC1c2ccc(F)c(F)c2CSc2ccc(F)c(F)c21. The summed E-state index contributed by atoms with van der Waals surface area (Å²) in [4.78, 5) is 0.312. The van der Waals surface area contributed by atoms with Gasteiger partial charge in [0.2, 0.25) is 0 Å². The quantitative estimate of drug-likeness (QED) is 0.744. The van der Waals surface area contributed by atoms with Crippen LogP contribution in [0.4, 0.5) is 17.6 Å². The van der Waals surface area contributed by atoms with Crippen molar-refractivity contribution in [1.82, 2.24) is 0 Å². The summed E-state index contributed by atoms with van der Waals surface area (Å²) < 4.78 is 54.2. The van der Waals surface area contributed by atoms with Gasteiger partial charge in [0.1, 0.15) is 6.10 Å². The lowest BCUT2D eigenvalue weighted by atomic mass is 9.96.